The third kappa shape index (κ3) is 36.2. The Labute approximate surface area is 51.1 Å². The molecule has 5 heteroatoms. The van der Waals surface area contributed by atoms with Crippen LogP contribution in [0.2, 0.25) is 0 Å². The summed E-state index contributed by atoms with van der Waals surface area (Å²) in [5, 5.41) is 0. The van der Waals surface area contributed by atoms with Gasteiger partial charge in [0.1, 0.15) is 0 Å². The van der Waals surface area contributed by atoms with Crippen molar-refractivity contribution >= 4 is 0 Å². The zero-order chi connectivity index (χ0) is 3.58. The minimum atomic E-state index is -4.29. The average Bonchev–Trinajstić information content (AvgIpc) is 0.811. The third-order valence-electron chi connectivity index (χ3n) is 0. The van der Waals surface area contributed by atoms with E-state index in [1.165, 1.54) is 0 Å². The molecule has 3 nitrogen and oxygen atoms in total. The third-order valence-corrected chi connectivity index (χ3v) is 0. The van der Waals surface area contributed by atoms with Crippen LogP contribution in [0.5, 0.6) is 0 Å². The summed E-state index contributed by atoms with van der Waals surface area (Å²) < 4.78 is 25.8. The van der Waals surface area contributed by atoms with Crippen LogP contribution in [-0.2, 0) is 44.9 Å². The van der Waals surface area contributed by atoms with Crippen LogP contribution in [0.1, 0.15) is 0 Å². The summed E-state index contributed by atoms with van der Waals surface area (Å²) in [5.41, 5.74) is 0. The molecule has 0 saturated carbocycles. The Hall–Kier alpha value is 1.23. The fourth-order valence-electron chi connectivity index (χ4n) is 0. The fraction of sp³-hybridized carbons (Fsp3) is 0. The molecule has 0 fully saturated rings. The van der Waals surface area contributed by atoms with Gasteiger partial charge in [-0.1, -0.05) is 0 Å². The molecule has 0 unspecified atom stereocenters. The van der Waals surface area contributed by atoms with E-state index in [2.05, 4.69) is 0 Å². The molecule has 0 heterocycles. The second kappa shape index (κ2) is 5.23. The Morgan fingerprint density at radius 2 is 1.40 bits per heavy atom. The van der Waals surface area contributed by atoms with Crippen molar-refractivity contribution in [1.29, 1.82) is 0 Å². The van der Waals surface area contributed by atoms with E-state index in [9.17, 15) is 0 Å². The van der Waals surface area contributed by atoms with Crippen LogP contribution in [-0.4, -0.2) is 0 Å². The molecule has 0 radical (unpaired) electrons. The average molecular weight is 205 g/mol. The summed E-state index contributed by atoms with van der Waals surface area (Å²) in [5.74, 6) is 0. The molecule has 0 N–H and O–H groups in total. The van der Waals surface area contributed by atoms with Crippen molar-refractivity contribution in [1.82, 2.24) is 0 Å². The second-order valence-electron chi connectivity index (χ2n) is 0.250. The van der Waals surface area contributed by atoms with Crippen molar-refractivity contribution in [2.45, 2.75) is 0 Å². The van der Waals surface area contributed by atoms with E-state index in [1.807, 2.05) is 0 Å². The van der Waals surface area contributed by atoms with Gasteiger partial charge in [-0.2, -0.15) is 0 Å². The Morgan fingerprint density at radius 3 is 1.40 bits per heavy atom. The van der Waals surface area contributed by atoms with Gasteiger partial charge < -0.3 is 0 Å². The van der Waals surface area contributed by atoms with Crippen LogP contribution in [0.4, 0.5) is 0 Å². The van der Waals surface area contributed by atoms with E-state index in [0.717, 1.165) is 0 Å². The normalized spacial score (nSPS) is 5.20. The van der Waals surface area contributed by atoms with E-state index in [-0.39, 0.29) is 19.5 Å². The van der Waals surface area contributed by atoms with Crippen LogP contribution in [0.3, 0.4) is 0 Å². The molecule has 0 aliphatic rings. The molecule has 0 aromatic rings. The summed E-state index contributed by atoms with van der Waals surface area (Å²) in [4.78, 5) is 0. The van der Waals surface area contributed by atoms with E-state index >= 15 is 0 Å². The number of hydrogen-bond donors (Lipinski definition) is 0. The van der Waals surface area contributed by atoms with Crippen LogP contribution in [0.25, 0.3) is 0 Å². The fourth-order valence-corrected chi connectivity index (χ4v) is 0. The van der Waals surface area contributed by atoms with Gasteiger partial charge in [-0.3, -0.25) is 0 Å². The zero-order valence-electron chi connectivity index (χ0n) is 2.43. The minimum Gasteiger partial charge on any atom is 2.00 e. The SMILES string of the molecule is [O]=[Zr]([O-])[O-].[Zn+2]. The van der Waals surface area contributed by atoms with Crippen LogP contribution >= 0.6 is 0 Å². The Balaban J connectivity index is 0. The van der Waals surface area contributed by atoms with Crippen molar-refractivity contribution in [2.24, 2.45) is 0 Å². The van der Waals surface area contributed by atoms with Crippen molar-refractivity contribution in [3.05, 3.63) is 0 Å². The first-order valence-corrected chi connectivity index (χ1v) is 3.62. The number of rotatable bonds is 0. The van der Waals surface area contributed by atoms with Gasteiger partial charge in [0.15, 0.2) is 0 Å². The first-order valence-electron chi connectivity index (χ1n) is 0.612. The predicted octanol–water partition coefficient (Wildman–Crippen LogP) is -2.50. The molecule has 0 aliphatic heterocycles. The topological polar surface area (TPSA) is 63.2 Å². The molecule has 24 valence electrons. The summed E-state index contributed by atoms with van der Waals surface area (Å²) >= 11 is -4.29. The molecule has 0 rings (SSSR count). The van der Waals surface area contributed by atoms with Crippen LogP contribution in [0.15, 0.2) is 0 Å². The van der Waals surface area contributed by atoms with E-state index < -0.39 is 22.6 Å². The largest absolute Gasteiger partial charge is 2.00 e. The van der Waals surface area contributed by atoms with Crippen LogP contribution < -0.4 is 6.37 Å². The van der Waals surface area contributed by atoms with Gasteiger partial charge in [-0.25, -0.2) is 0 Å². The van der Waals surface area contributed by atoms with Gasteiger partial charge in [0.05, 0.1) is 0 Å². The van der Waals surface area contributed by atoms with Gasteiger partial charge in [-0.15, -0.1) is 0 Å². The molecule has 0 aliphatic carbocycles. The minimum absolute atomic E-state index is 0. The smallest absolute Gasteiger partial charge is 2.00 e. The van der Waals surface area contributed by atoms with Crippen molar-refractivity contribution in [3.8, 4) is 0 Å². The second-order valence-corrected chi connectivity index (χ2v) is 1.48. The summed E-state index contributed by atoms with van der Waals surface area (Å²) in [6, 6.07) is 0. The Kier molecular flexibility index (Phi) is 9.95. The maximum absolute atomic E-state index is 8.61. The molecule has 0 aromatic carbocycles. The summed E-state index contributed by atoms with van der Waals surface area (Å²) in [6.45, 7) is 0. The van der Waals surface area contributed by atoms with Crippen LogP contribution in [0, 0.1) is 0 Å². The Bertz CT molecular complexity index is 29.9. The van der Waals surface area contributed by atoms with Crippen molar-refractivity contribution < 1.29 is 51.3 Å². The standard InChI is InChI=1S/3O.Zn.Zr/q;2*-1;+2;. The van der Waals surface area contributed by atoms with Gasteiger partial charge in [0.25, 0.3) is 0 Å². The van der Waals surface area contributed by atoms with E-state index in [1.54, 1.807) is 0 Å². The summed E-state index contributed by atoms with van der Waals surface area (Å²) in [6.07, 6.45) is 0. The number of hydrogen-bond acceptors (Lipinski definition) is 3. The molecule has 0 aromatic heterocycles. The first kappa shape index (κ1) is 9.52. The first-order chi connectivity index (χ1) is 1.73. The molecule has 0 bridgehead atoms. The molecule has 0 saturated heterocycles. The molecule has 0 amide bonds. The zero-order valence-corrected chi connectivity index (χ0v) is 7.86. The quantitative estimate of drug-likeness (QED) is 0.410. The molecular weight excluding hydrogens is 205 g/mol. The van der Waals surface area contributed by atoms with Crippen molar-refractivity contribution in [3.63, 3.8) is 0 Å². The molecule has 0 atom stereocenters. The van der Waals surface area contributed by atoms with Gasteiger partial charge in [0, 0.05) is 0 Å². The van der Waals surface area contributed by atoms with E-state index in [0.29, 0.717) is 0 Å². The van der Waals surface area contributed by atoms with E-state index in [4.69, 9.17) is 9.18 Å². The maximum atomic E-state index is 8.61. The molecule has 0 spiro atoms. The summed E-state index contributed by atoms with van der Waals surface area (Å²) in [7, 11) is 0. The molecular formula is O3ZnZr. The van der Waals surface area contributed by atoms with Crippen molar-refractivity contribution in [2.75, 3.05) is 0 Å². The van der Waals surface area contributed by atoms with Gasteiger partial charge >= 0.3 is 51.3 Å². The molecule has 5 heavy (non-hydrogen) atoms. The monoisotopic (exact) mass is 202 g/mol. The van der Waals surface area contributed by atoms with Gasteiger partial charge in [0.2, 0.25) is 0 Å². The maximum Gasteiger partial charge on any atom is 2.00 e. The van der Waals surface area contributed by atoms with Gasteiger partial charge in [-0.05, 0) is 0 Å². The predicted molar refractivity (Wildman–Crippen MR) is 0.686 cm³/mol. The Morgan fingerprint density at radius 1 is 1.40 bits per heavy atom.